The fourth-order valence-electron chi connectivity index (χ4n) is 4.13. The summed E-state index contributed by atoms with van der Waals surface area (Å²) >= 11 is 0. The van der Waals surface area contributed by atoms with Gasteiger partial charge in [0.25, 0.3) is 0 Å². The molecule has 2 aromatic carbocycles. The monoisotopic (exact) mass is 491 g/mol. The lowest BCUT2D eigenvalue weighted by Gasteiger charge is -2.43. The number of carbonyl (C=O) groups is 3. The predicted octanol–water partition coefficient (Wildman–Crippen LogP) is 4.98. The van der Waals surface area contributed by atoms with Crippen LogP contribution in [0.15, 0.2) is 61.2 Å². The third kappa shape index (κ3) is 7.20. The van der Waals surface area contributed by atoms with Gasteiger partial charge >= 0.3 is 6.09 Å². The Morgan fingerprint density at radius 2 is 1.81 bits per heavy atom. The number of nitrogens with one attached hydrogen (secondary N) is 2. The summed E-state index contributed by atoms with van der Waals surface area (Å²) in [5, 5.41) is 5.66. The number of hydrogen-bond donors (Lipinski definition) is 2. The van der Waals surface area contributed by atoms with E-state index in [0.29, 0.717) is 12.1 Å². The molecule has 0 aliphatic heterocycles. The third-order valence-electron chi connectivity index (χ3n) is 6.12. The number of nitrogens with zero attached hydrogens (tertiary/aromatic N) is 1. The summed E-state index contributed by atoms with van der Waals surface area (Å²) in [5.41, 5.74) is 1.83. The van der Waals surface area contributed by atoms with Gasteiger partial charge in [0.15, 0.2) is 0 Å². The molecule has 2 atom stereocenters. The van der Waals surface area contributed by atoms with Crippen LogP contribution in [-0.4, -0.2) is 40.5 Å². The quantitative estimate of drug-likeness (QED) is 0.518. The van der Waals surface area contributed by atoms with Crippen LogP contribution < -0.4 is 10.6 Å². The van der Waals surface area contributed by atoms with E-state index in [1.54, 1.807) is 38.7 Å². The second-order valence-corrected chi connectivity index (χ2v) is 10.2. The van der Waals surface area contributed by atoms with Gasteiger partial charge in [-0.1, -0.05) is 61.2 Å². The van der Waals surface area contributed by atoms with E-state index in [1.807, 2.05) is 54.6 Å². The Kier molecular flexibility index (Phi) is 8.91. The number of benzene rings is 2. The Labute approximate surface area is 213 Å². The number of hydrogen-bond acceptors (Lipinski definition) is 4. The molecule has 1 fully saturated rings. The molecular weight excluding hydrogens is 454 g/mol. The first kappa shape index (κ1) is 27.0. The van der Waals surface area contributed by atoms with Crippen LogP contribution >= 0.6 is 0 Å². The van der Waals surface area contributed by atoms with Crippen molar-refractivity contribution in [2.75, 3.05) is 0 Å². The first-order chi connectivity index (χ1) is 17.1. The molecule has 2 N–H and O–H groups in total. The summed E-state index contributed by atoms with van der Waals surface area (Å²) in [6.45, 7) is 11.1. The zero-order valence-corrected chi connectivity index (χ0v) is 21.6. The summed E-state index contributed by atoms with van der Waals surface area (Å²) < 4.78 is 5.34. The van der Waals surface area contributed by atoms with Crippen LogP contribution in [0.5, 0.6) is 0 Å². The molecule has 2 aromatic rings. The zero-order chi connectivity index (χ0) is 26.3. The molecule has 192 valence electrons. The number of carbonyl (C=O) groups excluding carboxylic acids is 3. The van der Waals surface area contributed by atoms with Gasteiger partial charge in [0, 0.05) is 12.6 Å². The highest BCUT2D eigenvalue weighted by atomic mass is 16.6. The number of alkyl carbamates (subject to hydrolysis) is 1. The van der Waals surface area contributed by atoms with E-state index in [1.165, 1.54) is 0 Å². The molecular formula is C29H37N3O4. The Morgan fingerprint density at radius 3 is 2.39 bits per heavy atom. The predicted molar refractivity (Wildman–Crippen MR) is 141 cm³/mol. The molecule has 0 saturated heterocycles. The Hall–Kier alpha value is -3.61. The maximum Gasteiger partial charge on any atom is 0.408 e. The smallest absolute Gasteiger partial charge is 0.408 e. The SMILES string of the molecule is C=Cc1cccc(C(C(=O)NCc2ccccc2)N(C(=O)C(C)NC(=O)OC(C)(C)C)C2CCC2)c1. The maximum atomic E-state index is 13.8. The van der Waals surface area contributed by atoms with Crippen molar-refractivity contribution in [1.82, 2.24) is 15.5 Å². The molecule has 3 rings (SSSR count). The van der Waals surface area contributed by atoms with Gasteiger partial charge in [-0.25, -0.2) is 4.79 Å². The normalized spacial score (nSPS) is 15.1. The van der Waals surface area contributed by atoms with Gasteiger partial charge in [-0.3, -0.25) is 9.59 Å². The van der Waals surface area contributed by atoms with Crippen molar-refractivity contribution in [3.8, 4) is 0 Å². The average Bonchev–Trinajstić information content (AvgIpc) is 2.80. The van der Waals surface area contributed by atoms with Crippen molar-refractivity contribution in [2.24, 2.45) is 0 Å². The van der Waals surface area contributed by atoms with Crippen molar-refractivity contribution in [3.05, 3.63) is 77.9 Å². The molecule has 0 heterocycles. The first-order valence-corrected chi connectivity index (χ1v) is 12.4. The standard InChI is InChI=1S/C29H37N3O4/c1-6-21-14-10-15-23(18-21)25(26(33)30-19-22-12-8-7-9-13-22)32(24-16-11-17-24)27(34)20(2)31-28(35)36-29(3,4)5/h6-10,12-15,18,20,24-25H,1,11,16-17,19H2,2-5H3,(H,30,33)(H,31,35). The summed E-state index contributed by atoms with van der Waals surface area (Å²) in [6.07, 6.45) is 3.62. The van der Waals surface area contributed by atoms with Gasteiger partial charge in [-0.05, 0) is 69.7 Å². The van der Waals surface area contributed by atoms with Crippen LogP contribution in [0.25, 0.3) is 6.08 Å². The van der Waals surface area contributed by atoms with Crippen LogP contribution in [0, 0.1) is 0 Å². The summed E-state index contributed by atoms with van der Waals surface area (Å²) in [5.74, 6) is -0.598. The van der Waals surface area contributed by atoms with Crippen molar-refractivity contribution in [3.63, 3.8) is 0 Å². The zero-order valence-electron chi connectivity index (χ0n) is 21.6. The highest BCUT2D eigenvalue weighted by molar-refractivity contribution is 5.92. The van der Waals surface area contributed by atoms with Crippen LogP contribution in [-0.2, 0) is 20.9 Å². The molecule has 36 heavy (non-hydrogen) atoms. The summed E-state index contributed by atoms with van der Waals surface area (Å²) in [7, 11) is 0. The molecule has 0 bridgehead atoms. The second-order valence-electron chi connectivity index (χ2n) is 10.2. The van der Waals surface area contributed by atoms with Gasteiger partial charge in [0.1, 0.15) is 17.7 Å². The van der Waals surface area contributed by atoms with Crippen LogP contribution in [0.1, 0.15) is 69.7 Å². The van der Waals surface area contributed by atoms with Gasteiger partial charge in [-0.15, -0.1) is 0 Å². The fourth-order valence-corrected chi connectivity index (χ4v) is 4.13. The number of amides is 3. The second kappa shape index (κ2) is 11.9. The lowest BCUT2D eigenvalue weighted by molar-refractivity contribution is -0.147. The Morgan fingerprint density at radius 1 is 1.11 bits per heavy atom. The van der Waals surface area contributed by atoms with E-state index in [9.17, 15) is 14.4 Å². The minimum atomic E-state index is -0.868. The molecule has 3 amide bonds. The maximum absolute atomic E-state index is 13.8. The van der Waals surface area contributed by atoms with Crippen molar-refractivity contribution in [2.45, 2.75) is 77.2 Å². The molecule has 0 radical (unpaired) electrons. The van der Waals surface area contributed by atoms with Gasteiger partial charge in [0.05, 0.1) is 0 Å². The van der Waals surface area contributed by atoms with E-state index < -0.39 is 23.8 Å². The topological polar surface area (TPSA) is 87.7 Å². The molecule has 1 aliphatic rings. The number of rotatable bonds is 9. The van der Waals surface area contributed by atoms with Crippen LogP contribution in [0.3, 0.4) is 0 Å². The minimum absolute atomic E-state index is 0.0970. The van der Waals surface area contributed by atoms with E-state index in [-0.39, 0.29) is 17.9 Å². The molecule has 0 aromatic heterocycles. The van der Waals surface area contributed by atoms with E-state index in [0.717, 1.165) is 30.4 Å². The highest BCUT2D eigenvalue weighted by Crippen LogP contribution is 2.34. The highest BCUT2D eigenvalue weighted by Gasteiger charge is 2.40. The van der Waals surface area contributed by atoms with Crippen molar-refractivity contribution >= 4 is 24.0 Å². The van der Waals surface area contributed by atoms with Gasteiger partial charge < -0.3 is 20.3 Å². The van der Waals surface area contributed by atoms with Gasteiger partial charge in [-0.2, -0.15) is 0 Å². The first-order valence-electron chi connectivity index (χ1n) is 12.4. The molecule has 7 heteroatoms. The third-order valence-corrected chi connectivity index (χ3v) is 6.12. The van der Waals surface area contributed by atoms with Crippen LogP contribution in [0.4, 0.5) is 4.79 Å². The molecule has 2 unspecified atom stereocenters. The largest absolute Gasteiger partial charge is 0.444 e. The van der Waals surface area contributed by atoms with Gasteiger partial charge in [0.2, 0.25) is 11.8 Å². The van der Waals surface area contributed by atoms with E-state index >= 15 is 0 Å². The lowest BCUT2D eigenvalue weighted by atomic mass is 9.88. The number of ether oxygens (including phenoxy) is 1. The van der Waals surface area contributed by atoms with Crippen molar-refractivity contribution < 1.29 is 19.1 Å². The lowest BCUT2D eigenvalue weighted by Crippen LogP contribution is -2.56. The molecule has 0 spiro atoms. The molecule has 1 aliphatic carbocycles. The Balaban J connectivity index is 1.91. The van der Waals surface area contributed by atoms with Crippen LogP contribution in [0.2, 0.25) is 0 Å². The molecule has 7 nitrogen and oxygen atoms in total. The average molecular weight is 492 g/mol. The molecule has 1 saturated carbocycles. The van der Waals surface area contributed by atoms with E-state index in [2.05, 4.69) is 17.2 Å². The fraction of sp³-hybridized carbons (Fsp3) is 0.414. The summed E-state index contributed by atoms with van der Waals surface area (Å²) in [4.78, 5) is 41.5. The van der Waals surface area contributed by atoms with E-state index in [4.69, 9.17) is 4.74 Å². The minimum Gasteiger partial charge on any atom is -0.444 e. The Bertz CT molecular complexity index is 1070. The van der Waals surface area contributed by atoms with Crippen molar-refractivity contribution in [1.29, 1.82) is 0 Å². The summed E-state index contributed by atoms with van der Waals surface area (Å²) in [6, 6.07) is 15.3.